The van der Waals surface area contributed by atoms with Crippen molar-refractivity contribution in [2.45, 2.75) is 37.8 Å². The van der Waals surface area contributed by atoms with Crippen molar-refractivity contribution in [2.75, 3.05) is 0 Å². The summed E-state index contributed by atoms with van der Waals surface area (Å²) in [5.41, 5.74) is -1.04. The van der Waals surface area contributed by atoms with Crippen molar-refractivity contribution in [1.82, 2.24) is 10.6 Å². The van der Waals surface area contributed by atoms with E-state index in [0.717, 1.165) is 0 Å². The lowest BCUT2D eigenvalue weighted by atomic mass is 10.2. The number of carboxylic acid groups (broad SMARTS) is 1. The number of carbonyl (C=O) groups excluding carboxylic acids is 1. The average molecular weight is 210 g/mol. The lowest BCUT2D eigenvalue weighted by Gasteiger charge is -2.16. The van der Waals surface area contributed by atoms with Gasteiger partial charge in [-0.15, -0.1) is 12.3 Å². The number of aliphatic carboxylic acids is 1. The van der Waals surface area contributed by atoms with Gasteiger partial charge in [0.25, 0.3) is 0 Å². The van der Waals surface area contributed by atoms with Gasteiger partial charge in [-0.3, -0.25) is 0 Å². The molecular formula is C10H14N2O3. The van der Waals surface area contributed by atoms with Crippen molar-refractivity contribution in [3.8, 4) is 12.3 Å². The van der Waals surface area contributed by atoms with E-state index >= 15 is 0 Å². The van der Waals surface area contributed by atoms with Crippen LogP contribution in [0.5, 0.6) is 0 Å². The number of nitrogens with one attached hydrogen (secondary N) is 2. The van der Waals surface area contributed by atoms with Crippen molar-refractivity contribution in [2.24, 2.45) is 0 Å². The van der Waals surface area contributed by atoms with Gasteiger partial charge in [-0.1, -0.05) is 0 Å². The van der Waals surface area contributed by atoms with Crippen LogP contribution in [-0.2, 0) is 4.79 Å². The Morgan fingerprint density at radius 2 is 2.20 bits per heavy atom. The highest BCUT2D eigenvalue weighted by molar-refractivity contribution is 5.88. The molecule has 82 valence electrons. The van der Waals surface area contributed by atoms with Crippen molar-refractivity contribution in [3.63, 3.8) is 0 Å². The quantitative estimate of drug-likeness (QED) is 0.584. The molecule has 1 aliphatic rings. The first kappa shape index (κ1) is 11.4. The molecule has 1 atom stereocenters. The number of carbonyl (C=O) groups is 2. The molecule has 0 radical (unpaired) electrons. The molecule has 0 saturated heterocycles. The highest BCUT2D eigenvalue weighted by Crippen LogP contribution is 2.35. The summed E-state index contributed by atoms with van der Waals surface area (Å²) in [4.78, 5) is 22.1. The lowest BCUT2D eigenvalue weighted by molar-refractivity contribution is -0.140. The molecule has 0 heterocycles. The zero-order valence-electron chi connectivity index (χ0n) is 8.54. The van der Waals surface area contributed by atoms with Gasteiger partial charge in [-0.25, -0.2) is 9.59 Å². The largest absolute Gasteiger partial charge is 0.480 e. The molecule has 1 rings (SSSR count). The second kappa shape index (κ2) is 4.22. The maximum absolute atomic E-state index is 11.3. The van der Waals surface area contributed by atoms with Gasteiger partial charge in [0.1, 0.15) is 5.54 Å². The Morgan fingerprint density at radius 3 is 2.60 bits per heavy atom. The maximum Gasteiger partial charge on any atom is 0.329 e. The van der Waals surface area contributed by atoms with E-state index in [0.29, 0.717) is 19.3 Å². The van der Waals surface area contributed by atoms with E-state index in [1.807, 2.05) is 0 Å². The van der Waals surface area contributed by atoms with Gasteiger partial charge < -0.3 is 15.7 Å². The van der Waals surface area contributed by atoms with Crippen LogP contribution in [-0.4, -0.2) is 28.7 Å². The van der Waals surface area contributed by atoms with Crippen molar-refractivity contribution >= 4 is 12.0 Å². The SMILES string of the molecule is C#CCC(C)NC(=O)NC1(C(=O)O)CC1. The number of urea groups is 1. The standard InChI is InChI=1S/C10H14N2O3/c1-3-4-7(2)11-9(15)12-10(5-6-10)8(13)14/h1,7H,4-6H2,2H3,(H,13,14)(H2,11,12,15). The Morgan fingerprint density at radius 1 is 1.60 bits per heavy atom. The summed E-state index contributed by atoms with van der Waals surface area (Å²) in [5.74, 6) is 1.43. The summed E-state index contributed by atoms with van der Waals surface area (Å²) in [5, 5.41) is 13.8. The van der Waals surface area contributed by atoms with Crippen LogP contribution >= 0.6 is 0 Å². The molecule has 0 aromatic rings. The van der Waals surface area contributed by atoms with Gasteiger partial charge in [0.05, 0.1) is 0 Å². The highest BCUT2D eigenvalue weighted by atomic mass is 16.4. The molecule has 1 aliphatic carbocycles. The molecular weight excluding hydrogens is 196 g/mol. The van der Waals surface area contributed by atoms with E-state index in [9.17, 15) is 9.59 Å². The minimum Gasteiger partial charge on any atom is -0.480 e. The van der Waals surface area contributed by atoms with Crippen LogP contribution in [0.2, 0.25) is 0 Å². The molecule has 1 fully saturated rings. The normalized spacial score (nSPS) is 18.4. The molecule has 0 bridgehead atoms. The summed E-state index contributed by atoms with van der Waals surface area (Å²) in [7, 11) is 0. The Balaban J connectivity index is 2.37. The first-order chi connectivity index (χ1) is 7.00. The molecule has 5 nitrogen and oxygen atoms in total. The van der Waals surface area contributed by atoms with Gasteiger partial charge in [0, 0.05) is 12.5 Å². The van der Waals surface area contributed by atoms with E-state index in [2.05, 4.69) is 16.6 Å². The third kappa shape index (κ3) is 2.88. The van der Waals surface area contributed by atoms with Gasteiger partial charge in [0.2, 0.25) is 0 Å². The predicted molar refractivity (Wildman–Crippen MR) is 54.2 cm³/mol. The number of amides is 2. The summed E-state index contributed by atoms with van der Waals surface area (Å²) >= 11 is 0. The Kier molecular flexibility index (Phi) is 3.20. The van der Waals surface area contributed by atoms with Gasteiger partial charge >= 0.3 is 12.0 Å². The smallest absolute Gasteiger partial charge is 0.329 e. The van der Waals surface area contributed by atoms with Crippen molar-refractivity contribution in [1.29, 1.82) is 0 Å². The molecule has 15 heavy (non-hydrogen) atoms. The summed E-state index contributed by atoms with van der Waals surface area (Å²) in [6.07, 6.45) is 6.47. The maximum atomic E-state index is 11.3. The van der Waals surface area contributed by atoms with Crippen molar-refractivity contribution in [3.05, 3.63) is 0 Å². The van der Waals surface area contributed by atoms with Crippen LogP contribution in [0.3, 0.4) is 0 Å². The molecule has 3 N–H and O–H groups in total. The van der Waals surface area contributed by atoms with E-state index in [4.69, 9.17) is 11.5 Å². The molecule has 1 unspecified atom stereocenters. The van der Waals surface area contributed by atoms with Crippen LogP contribution in [0.1, 0.15) is 26.2 Å². The summed E-state index contributed by atoms with van der Waals surface area (Å²) < 4.78 is 0. The molecule has 2 amide bonds. The number of hydrogen-bond donors (Lipinski definition) is 3. The molecule has 0 aromatic heterocycles. The van der Waals surface area contributed by atoms with E-state index in [1.165, 1.54) is 0 Å². The van der Waals surface area contributed by atoms with Gasteiger partial charge in [-0.2, -0.15) is 0 Å². The summed E-state index contributed by atoms with van der Waals surface area (Å²) in [6, 6.07) is -0.628. The van der Waals surface area contributed by atoms with Crippen LogP contribution in [0, 0.1) is 12.3 Å². The Bertz CT molecular complexity index is 315. The second-order valence-corrected chi connectivity index (χ2v) is 3.80. The fraction of sp³-hybridized carbons (Fsp3) is 0.600. The Hall–Kier alpha value is -1.70. The molecule has 0 aliphatic heterocycles. The third-order valence-corrected chi connectivity index (χ3v) is 2.31. The molecule has 0 spiro atoms. The highest BCUT2D eigenvalue weighted by Gasteiger charge is 2.51. The van der Waals surface area contributed by atoms with Crippen LogP contribution in [0.25, 0.3) is 0 Å². The first-order valence-corrected chi connectivity index (χ1v) is 4.76. The number of terminal acetylenes is 1. The minimum atomic E-state index is -1.04. The number of hydrogen-bond acceptors (Lipinski definition) is 2. The zero-order valence-corrected chi connectivity index (χ0v) is 8.54. The third-order valence-electron chi connectivity index (χ3n) is 2.31. The second-order valence-electron chi connectivity index (χ2n) is 3.80. The Labute approximate surface area is 88.2 Å². The van der Waals surface area contributed by atoms with Crippen LogP contribution in [0.4, 0.5) is 4.79 Å². The van der Waals surface area contributed by atoms with Crippen LogP contribution in [0.15, 0.2) is 0 Å². The number of carboxylic acids is 1. The molecule has 5 heteroatoms. The monoisotopic (exact) mass is 210 g/mol. The predicted octanol–water partition coefficient (Wildman–Crippen LogP) is 0.315. The van der Waals surface area contributed by atoms with E-state index < -0.39 is 17.5 Å². The number of rotatable bonds is 4. The minimum absolute atomic E-state index is 0.153. The summed E-state index contributed by atoms with van der Waals surface area (Å²) in [6.45, 7) is 1.76. The fourth-order valence-electron chi connectivity index (χ4n) is 1.22. The van der Waals surface area contributed by atoms with Crippen LogP contribution < -0.4 is 10.6 Å². The molecule has 1 saturated carbocycles. The van der Waals surface area contributed by atoms with Crippen molar-refractivity contribution < 1.29 is 14.7 Å². The first-order valence-electron chi connectivity index (χ1n) is 4.76. The zero-order chi connectivity index (χ0) is 11.5. The van der Waals surface area contributed by atoms with Gasteiger partial charge in [-0.05, 0) is 19.8 Å². The fourth-order valence-corrected chi connectivity index (χ4v) is 1.22. The molecule has 0 aromatic carbocycles. The average Bonchev–Trinajstić information content (AvgIpc) is 2.85. The lowest BCUT2D eigenvalue weighted by Crippen LogP contribution is -2.49. The van der Waals surface area contributed by atoms with Gasteiger partial charge in [0.15, 0.2) is 0 Å². The van der Waals surface area contributed by atoms with E-state index in [-0.39, 0.29) is 6.04 Å². The van der Waals surface area contributed by atoms with E-state index in [1.54, 1.807) is 6.92 Å². The topological polar surface area (TPSA) is 78.4 Å².